The van der Waals surface area contributed by atoms with E-state index in [9.17, 15) is 0 Å². The van der Waals surface area contributed by atoms with Crippen LogP contribution in [0.1, 0.15) is 60.5 Å². The summed E-state index contributed by atoms with van der Waals surface area (Å²) in [6.45, 7) is 6.56. The van der Waals surface area contributed by atoms with Crippen LogP contribution in [-0.4, -0.2) is 14.5 Å². The number of rotatable bonds is 5. The van der Waals surface area contributed by atoms with Gasteiger partial charge in [-0.2, -0.15) is 0 Å². The van der Waals surface area contributed by atoms with Crippen molar-refractivity contribution in [3.63, 3.8) is 0 Å². The number of nitrogens with zero attached hydrogens (tertiary/aromatic N) is 3. The van der Waals surface area contributed by atoms with Gasteiger partial charge in [0.25, 0.3) is 0 Å². The molecule has 0 spiro atoms. The lowest BCUT2D eigenvalue weighted by atomic mass is 9.88. The third-order valence-electron chi connectivity index (χ3n) is 9.87. The Morgan fingerprint density at radius 2 is 1.31 bits per heavy atom. The normalized spacial score (nSPS) is 13.3. The lowest BCUT2D eigenvalue weighted by Gasteiger charge is -2.24. The average molecular weight is 639 g/mol. The molecule has 3 heterocycles. The van der Waals surface area contributed by atoms with E-state index in [4.69, 9.17) is 18.5 Å². The van der Waals surface area contributed by atoms with Gasteiger partial charge in [-0.15, -0.1) is 0 Å². The Morgan fingerprint density at radius 3 is 2.02 bits per heavy atom. The summed E-state index contributed by atoms with van der Waals surface area (Å²) in [5, 5.41) is 5.06. The number of imidazole rings is 1. The van der Waals surface area contributed by atoms with Gasteiger partial charge in [0.2, 0.25) is 5.71 Å². The number of hydrogen-bond acceptors (Lipinski definition) is 3. The van der Waals surface area contributed by atoms with Crippen LogP contribution in [0, 0.1) is 6.85 Å². The van der Waals surface area contributed by atoms with Crippen LogP contribution >= 0.6 is 0 Å². The smallest absolute Gasteiger partial charge is 0.228 e. The molecule has 4 heteroatoms. The first-order valence-electron chi connectivity index (χ1n) is 18.5. The van der Waals surface area contributed by atoms with Crippen molar-refractivity contribution in [2.75, 3.05) is 0 Å². The summed E-state index contributed by atoms with van der Waals surface area (Å²) in [7, 11) is 0. The molecule has 9 rings (SSSR count). The second-order valence-electron chi connectivity index (χ2n) is 13.6. The maximum absolute atomic E-state index is 8.43. The van der Waals surface area contributed by atoms with E-state index in [1.807, 2.05) is 54.6 Å². The number of hydrogen-bond donors (Lipinski definition) is 0. The molecule has 0 amide bonds. The summed E-state index contributed by atoms with van der Waals surface area (Å²) >= 11 is 0. The first-order chi connectivity index (χ1) is 25.1. The Morgan fingerprint density at radius 1 is 0.633 bits per heavy atom. The van der Waals surface area contributed by atoms with E-state index in [0.717, 1.165) is 55.0 Å². The number of fused-ring (bicyclic) bond motifs is 7. The van der Waals surface area contributed by atoms with Gasteiger partial charge in [-0.25, -0.2) is 9.97 Å². The van der Waals surface area contributed by atoms with Gasteiger partial charge in [0.05, 0.1) is 27.7 Å². The molecule has 0 saturated carbocycles. The monoisotopic (exact) mass is 638 g/mol. The first kappa shape index (κ1) is 26.2. The zero-order chi connectivity index (χ0) is 35.9. The van der Waals surface area contributed by atoms with Gasteiger partial charge in [-0.3, -0.25) is 4.57 Å². The second kappa shape index (κ2) is 11.2. The molecule has 238 valence electrons. The van der Waals surface area contributed by atoms with Crippen LogP contribution in [0.2, 0.25) is 0 Å². The largest absolute Gasteiger partial charge is 0.437 e. The zero-order valence-corrected chi connectivity index (χ0v) is 28.0. The fourth-order valence-electron chi connectivity index (χ4n) is 7.48. The van der Waals surface area contributed by atoms with Crippen molar-refractivity contribution >= 4 is 54.6 Å². The highest BCUT2D eigenvalue weighted by molar-refractivity contribution is 6.21. The van der Waals surface area contributed by atoms with Gasteiger partial charge in [0.15, 0.2) is 0 Å². The van der Waals surface area contributed by atoms with E-state index in [-0.39, 0.29) is 17.5 Å². The molecule has 0 bridgehead atoms. The van der Waals surface area contributed by atoms with E-state index in [1.165, 1.54) is 22.3 Å². The second-order valence-corrected chi connectivity index (χ2v) is 13.6. The van der Waals surface area contributed by atoms with Crippen LogP contribution in [0.5, 0.6) is 0 Å². The number of para-hydroxylation sites is 3. The molecule has 0 N–H and O–H groups in total. The maximum Gasteiger partial charge on any atom is 0.228 e. The highest BCUT2D eigenvalue weighted by Gasteiger charge is 2.26. The number of benzene rings is 6. The summed E-state index contributed by atoms with van der Waals surface area (Å²) in [6.07, 6.45) is 0. The number of furan rings is 1. The van der Waals surface area contributed by atoms with E-state index in [1.54, 1.807) is 0 Å². The Hall–Kier alpha value is -5.74. The topological polar surface area (TPSA) is 43.9 Å². The Balaban J connectivity index is 1.39. The SMILES string of the molecule is [2H]C([2H])([2H])c1nc2oc3c(-c4nc5ccccc5n4-c4c(C(C)C)cc(-c5ccccc5)cc4C(C)C)cccc3c2c2cc3ccccc3cc12. The number of pyridine rings is 1. The van der Waals surface area contributed by atoms with Crippen LogP contribution < -0.4 is 0 Å². The zero-order valence-electron chi connectivity index (χ0n) is 31.0. The molecule has 0 saturated heterocycles. The highest BCUT2D eigenvalue weighted by Crippen LogP contribution is 2.44. The van der Waals surface area contributed by atoms with E-state index in [2.05, 4.69) is 99.0 Å². The van der Waals surface area contributed by atoms with Crippen molar-refractivity contribution < 1.29 is 8.53 Å². The van der Waals surface area contributed by atoms with Crippen LogP contribution in [-0.2, 0) is 0 Å². The molecule has 0 radical (unpaired) electrons. The van der Waals surface area contributed by atoms with Gasteiger partial charge in [-0.05, 0) is 99.6 Å². The molecule has 0 unspecified atom stereocenters. The predicted octanol–water partition coefficient (Wildman–Crippen LogP) is 12.5. The Bertz CT molecular complexity index is 2820. The van der Waals surface area contributed by atoms with Crippen molar-refractivity contribution in [1.82, 2.24) is 14.5 Å². The summed E-state index contributed by atoms with van der Waals surface area (Å²) < 4.78 is 34.3. The summed E-state index contributed by atoms with van der Waals surface area (Å²) in [4.78, 5) is 10.0. The quantitative estimate of drug-likeness (QED) is 0.176. The molecular formula is C45H37N3O. The van der Waals surface area contributed by atoms with Gasteiger partial charge < -0.3 is 4.42 Å². The lowest BCUT2D eigenvalue weighted by Crippen LogP contribution is -2.09. The predicted molar refractivity (Wildman–Crippen MR) is 205 cm³/mol. The minimum Gasteiger partial charge on any atom is -0.437 e. The maximum atomic E-state index is 8.43. The van der Waals surface area contributed by atoms with Crippen molar-refractivity contribution in [2.45, 2.75) is 46.4 Å². The first-order valence-corrected chi connectivity index (χ1v) is 17.0. The Kier molecular flexibility index (Phi) is 5.98. The number of aromatic nitrogens is 3. The van der Waals surface area contributed by atoms with Gasteiger partial charge in [-0.1, -0.05) is 107 Å². The van der Waals surface area contributed by atoms with Gasteiger partial charge >= 0.3 is 0 Å². The molecule has 0 atom stereocenters. The third-order valence-corrected chi connectivity index (χ3v) is 9.87. The fourth-order valence-corrected chi connectivity index (χ4v) is 7.48. The van der Waals surface area contributed by atoms with Crippen LogP contribution in [0.15, 0.2) is 126 Å². The molecule has 0 aliphatic carbocycles. The molecule has 0 aliphatic rings. The van der Waals surface area contributed by atoms with Gasteiger partial charge in [0, 0.05) is 20.6 Å². The summed E-state index contributed by atoms with van der Waals surface area (Å²) in [5.74, 6) is 1.19. The van der Waals surface area contributed by atoms with Crippen molar-refractivity contribution in [2.24, 2.45) is 0 Å². The van der Waals surface area contributed by atoms with Crippen molar-refractivity contribution in [3.05, 3.63) is 138 Å². The molecule has 6 aromatic carbocycles. The lowest BCUT2D eigenvalue weighted by molar-refractivity contribution is 0.654. The van der Waals surface area contributed by atoms with E-state index < -0.39 is 6.85 Å². The molecule has 3 aromatic heterocycles. The summed E-state index contributed by atoms with van der Waals surface area (Å²) in [5.41, 5.74) is 9.62. The Labute approximate surface area is 289 Å². The molecule has 9 aromatic rings. The van der Waals surface area contributed by atoms with Crippen LogP contribution in [0.4, 0.5) is 0 Å². The number of aryl methyl sites for hydroxylation is 1. The standard InChI is InChI=1S/C45H37N3O/c1-26(2)35-24-32(29-14-7-6-8-15-29)25-36(27(3)4)42(35)48-40-21-12-11-20-39(40)47-44(48)34-19-13-18-33-41-38-23-31-17-10-9-16-30(31)22-37(38)28(5)46-45(41)49-43(33)34/h6-27H,1-5H3/i5D3. The fraction of sp³-hybridized carbons (Fsp3) is 0.156. The molecule has 0 aliphatic heterocycles. The van der Waals surface area contributed by atoms with E-state index >= 15 is 0 Å². The third kappa shape index (κ3) is 4.58. The van der Waals surface area contributed by atoms with Crippen LogP contribution in [0.3, 0.4) is 0 Å². The minimum atomic E-state index is -2.43. The van der Waals surface area contributed by atoms with Crippen LogP contribution in [0.25, 0.3) is 82.8 Å². The molecular weight excluding hydrogens is 599 g/mol. The highest BCUT2D eigenvalue weighted by atomic mass is 16.3. The minimum absolute atomic E-state index is 0.0373. The van der Waals surface area contributed by atoms with Crippen molar-refractivity contribution in [3.8, 4) is 28.2 Å². The van der Waals surface area contributed by atoms with E-state index in [0.29, 0.717) is 16.7 Å². The summed E-state index contributed by atoms with van der Waals surface area (Å²) in [6, 6.07) is 41.6. The average Bonchev–Trinajstić information content (AvgIpc) is 3.72. The molecule has 0 fully saturated rings. The molecule has 49 heavy (non-hydrogen) atoms. The van der Waals surface area contributed by atoms with Crippen molar-refractivity contribution in [1.29, 1.82) is 0 Å². The molecule has 4 nitrogen and oxygen atoms in total. The van der Waals surface area contributed by atoms with Gasteiger partial charge in [0.1, 0.15) is 11.4 Å².